The van der Waals surface area contributed by atoms with Crippen molar-refractivity contribution in [1.82, 2.24) is 14.5 Å². The molecule has 0 spiro atoms. The van der Waals surface area contributed by atoms with Crippen molar-refractivity contribution in [2.24, 2.45) is 12.8 Å². The molecular formula is C11H20N4O. The molecule has 0 aliphatic carbocycles. The van der Waals surface area contributed by atoms with Crippen molar-refractivity contribution in [2.75, 3.05) is 26.8 Å². The lowest BCUT2D eigenvalue weighted by molar-refractivity contribution is 0.137. The standard InChI is InChI=1S/C11H20N4O/c1-14-8-13-7-10(14)11-9(12)3-4-15(11)5-6-16-2/h7-9,11H,3-6,12H2,1-2H3. The zero-order valence-corrected chi connectivity index (χ0v) is 9.97. The zero-order valence-electron chi connectivity index (χ0n) is 9.97. The number of rotatable bonds is 4. The van der Waals surface area contributed by atoms with E-state index in [0.29, 0.717) is 0 Å². The van der Waals surface area contributed by atoms with Gasteiger partial charge in [-0.15, -0.1) is 0 Å². The van der Waals surface area contributed by atoms with E-state index in [1.165, 1.54) is 5.69 Å². The van der Waals surface area contributed by atoms with Gasteiger partial charge in [-0.2, -0.15) is 0 Å². The molecule has 2 rings (SSSR count). The molecule has 1 aromatic heterocycles. The van der Waals surface area contributed by atoms with Gasteiger partial charge in [-0.1, -0.05) is 0 Å². The summed E-state index contributed by atoms with van der Waals surface area (Å²) < 4.78 is 7.18. The van der Waals surface area contributed by atoms with Gasteiger partial charge in [-0.25, -0.2) is 4.98 Å². The summed E-state index contributed by atoms with van der Waals surface area (Å²) in [5.74, 6) is 0. The van der Waals surface area contributed by atoms with Crippen LogP contribution in [0.2, 0.25) is 0 Å². The number of nitrogens with two attached hydrogens (primary N) is 1. The van der Waals surface area contributed by atoms with E-state index in [2.05, 4.69) is 14.5 Å². The van der Waals surface area contributed by atoms with Crippen molar-refractivity contribution in [3.05, 3.63) is 18.2 Å². The Morgan fingerprint density at radius 3 is 3.06 bits per heavy atom. The fraction of sp³-hybridized carbons (Fsp3) is 0.727. The molecule has 16 heavy (non-hydrogen) atoms. The van der Waals surface area contributed by atoms with Gasteiger partial charge >= 0.3 is 0 Å². The Bertz CT molecular complexity index is 338. The highest BCUT2D eigenvalue weighted by molar-refractivity contribution is 5.11. The second-order valence-corrected chi connectivity index (χ2v) is 4.36. The first-order chi connectivity index (χ1) is 7.74. The molecule has 1 aliphatic rings. The fourth-order valence-electron chi connectivity index (χ4n) is 2.40. The molecule has 2 atom stereocenters. The Kier molecular flexibility index (Phi) is 3.58. The van der Waals surface area contributed by atoms with Crippen LogP contribution in [0.4, 0.5) is 0 Å². The summed E-state index contributed by atoms with van der Waals surface area (Å²) in [6.07, 6.45) is 4.78. The summed E-state index contributed by atoms with van der Waals surface area (Å²) in [5.41, 5.74) is 7.37. The second-order valence-electron chi connectivity index (χ2n) is 4.36. The summed E-state index contributed by atoms with van der Waals surface area (Å²) in [6.45, 7) is 2.72. The lowest BCUT2D eigenvalue weighted by Gasteiger charge is -2.26. The second kappa shape index (κ2) is 4.95. The lowest BCUT2D eigenvalue weighted by Crippen LogP contribution is -2.34. The molecule has 5 heteroatoms. The number of likely N-dealkylation sites (tertiary alicyclic amines) is 1. The molecular weight excluding hydrogens is 204 g/mol. The number of hydrogen-bond donors (Lipinski definition) is 1. The molecule has 2 unspecified atom stereocenters. The van der Waals surface area contributed by atoms with Crippen LogP contribution < -0.4 is 5.73 Å². The van der Waals surface area contributed by atoms with Crippen LogP contribution in [-0.2, 0) is 11.8 Å². The van der Waals surface area contributed by atoms with Gasteiger partial charge in [-0.05, 0) is 6.42 Å². The van der Waals surface area contributed by atoms with Crippen LogP contribution in [0.1, 0.15) is 18.2 Å². The molecule has 90 valence electrons. The van der Waals surface area contributed by atoms with E-state index in [4.69, 9.17) is 10.5 Å². The smallest absolute Gasteiger partial charge is 0.0946 e. The van der Waals surface area contributed by atoms with Crippen molar-refractivity contribution in [1.29, 1.82) is 0 Å². The summed E-state index contributed by atoms with van der Waals surface area (Å²) in [6, 6.07) is 0.481. The molecule has 0 radical (unpaired) electrons. The van der Waals surface area contributed by atoms with E-state index in [0.717, 1.165) is 26.1 Å². The highest BCUT2D eigenvalue weighted by Crippen LogP contribution is 2.30. The molecule has 0 aromatic carbocycles. The third-order valence-corrected chi connectivity index (χ3v) is 3.29. The van der Waals surface area contributed by atoms with Gasteiger partial charge in [0.15, 0.2) is 0 Å². The third kappa shape index (κ3) is 2.11. The largest absolute Gasteiger partial charge is 0.383 e. The molecule has 1 aliphatic heterocycles. The highest BCUT2D eigenvalue weighted by Gasteiger charge is 2.34. The van der Waals surface area contributed by atoms with Crippen LogP contribution in [-0.4, -0.2) is 47.3 Å². The van der Waals surface area contributed by atoms with Gasteiger partial charge in [0, 0.05) is 39.5 Å². The first kappa shape index (κ1) is 11.6. The van der Waals surface area contributed by atoms with E-state index >= 15 is 0 Å². The van der Waals surface area contributed by atoms with Crippen LogP contribution in [0.25, 0.3) is 0 Å². The van der Waals surface area contributed by atoms with Crippen LogP contribution >= 0.6 is 0 Å². The monoisotopic (exact) mass is 224 g/mol. The van der Waals surface area contributed by atoms with Gasteiger partial charge < -0.3 is 15.0 Å². The summed E-state index contributed by atoms with van der Waals surface area (Å²) in [5, 5.41) is 0. The molecule has 1 fully saturated rings. The number of ether oxygens (including phenoxy) is 1. The number of nitrogens with zero attached hydrogens (tertiary/aromatic N) is 3. The predicted octanol–water partition coefficient (Wildman–Crippen LogP) is 0.141. The minimum atomic E-state index is 0.201. The number of aromatic nitrogens is 2. The molecule has 5 nitrogen and oxygen atoms in total. The third-order valence-electron chi connectivity index (χ3n) is 3.29. The SMILES string of the molecule is COCCN1CCC(N)C1c1cncn1C. The van der Waals surface area contributed by atoms with Crippen LogP contribution in [0, 0.1) is 0 Å². The summed E-state index contributed by atoms with van der Waals surface area (Å²) >= 11 is 0. The van der Waals surface area contributed by atoms with E-state index in [-0.39, 0.29) is 12.1 Å². The minimum Gasteiger partial charge on any atom is -0.383 e. The Labute approximate surface area is 96.2 Å². The van der Waals surface area contributed by atoms with E-state index in [9.17, 15) is 0 Å². The maximum atomic E-state index is 6.18. The lowest BCUT2D eigenvalue weighted by atomic mass is 10.1. The van der Waals surface area contributed by atoms with Crippen LogP contribution in [0.3, 0.4) is 0 Å². The zero-order chi connectivity index (χ0) is 11.5. The maximum absolute atomic E-state index is 6.18. The van der Waals surface area contributed by atoms with E-state index in [1.54, 1.807) is 7.11 Å². The summed E-state index contributed by atoms with van der Waals surface area (Å²) in [7, 11) is 3.75. The first-order valence-corrected chi connectivity index (χ1v) is 5.69. The fourth-order valence-corrected chi connectivity index (χ4v) is 2.40. The Balaban J connectivity index is 2.13. The average Bonchev–Trinajstić information content (AvgIpc) is 2.82. The Morgan fingerprint density at radius 2 is 2.44 bits per heavy atom. The molecule has 0 bridgehead atoms. The average molecular weight is 224 g/mol. The molecule has 1 saturated heterocycles. The van der Waals surface area contributed by atoms with E-state index in [1.807, 2.05) is 19.6 Å². The van der Waals surface area contributed by atoms with Crippen LogP contribution in [0.5, 0.6) is 0 Å². The topological polar surface area (TPSA) is 56.3 Å². The Morgan fingerprint density at radius 1 is 1.62 bits per heavy atom. The minimum absolute atomic E-state index is 0.201. The van der Waals surface area contributed by atoms with Gasteiger partial charge in [0.05, 0.1) is 24.7 Å². The Hall–Kier alpha value is -0.910. The highest BCUT2D eigenvalue weighted by atomic mass is 16.5. The van der Waals surface area contributed by atoms with Crippen molar-refractivity contribution in [3.8, 4) is 0 Å². The number of imidazole rings is 1. The molecule has 2 N–H and O–H groups in total. The molecule has 0 saturated carbocycles. The predicted molar refractivity (Wildman–Crippen MR) is 62.0 cm³/mol. The molecule has 0 amide bonds. The number of hydrogen-bond acceptors (Lipinski definition) is 4. The molecule has 2 heterocycles. The van der Waals surface area contributed by atoms with Crippen molar-refractivity contribution in [3.63, 3.8) is 0 Å². The quantitative estimate of drug-likeness (QED) is 0.790. The number of methoxy groups -OCH3 is 1. The first-order valence-electron chi connectivity index (χ1n) is 5.69. The van der Waals surface area contributed by atoms with Crippen molar-refractivity contribution < 1.29 is 4.74 Å². The van der Waals surface area contributed by atoms with Gasteiger partial charge in [0.1, 0.15) is 0 Å². The van der Waals surface area contributed by atoms with Crippen LogP contribution in [0.15, 0.2) is 12.5 Å². The summed E-state index contributed by atoms with van der Waals surface area (Å²) in [4.78, 5) is 6.55. The molecule has 1 aromatic rings. The van der Waals surface area contributed by atoms with Crippen molar-refractivity contribution in [2.45, 2.75) is 18.5 Å². The van der Waals surface area contributed by atoms with Gasteiger partial charge in [-0.3, -0.25) is 4.90 Å². The van der Waals surface area contributed by atoms with Crippen molar-refractivity contribution >= 4 is 0 Å². The number of aryl methyl sites for hydroxylation is 1. The normalized spacial score (nSPS) is 26.4. The van der Waals surface area contributed by atoms with Gasteiger partial charge in [0.25, 0.3) is 0 Å². The maximum Gasteiger partial charge on any atom is 0.0946 e. The van der Waals surface area contributed by atoms with Gasteiger partial charge in [0.2, 0.25) is 0 Å². The van der Waals surface area contributed by atoms with E-state index < -0.39 is 0 Å².